The summed E-state index contributed by atoms with van der Waals surface area (Å²) in [6.07, 6.45) is 2.33. The van der Waals surface area contributed by atoms with Crippen LogP contribution in [0.4, 0.5) is 0 Å². The van der Waals surface area contributed by atoms with Crippen molar-refractivity contribution in [3.05, 3.63) is 21.9 Å². The van der Waals surface area contributed by atoms with Crippen molar-refractivity contribution in [2.45, 2.75) is 25.7 Å². The third-order valence-corrected chi connectivity index (χ3v) is 4.35. The van der Waals surface area contributed by atoms with Crippen LogP contribution in [0.2, 0.25) is 0 Å². The number of thiophene rings is 1. The van der Waals surface area contributed by atoms with Crippen LogP contribution in [0, 0.1) is 12.8 Å². The number of rotatable bonds is 3. The van der Waals surface area contributed by atoms with Crippen LogP contribution in [-0.4, -0.2) is 19.8 Å². The summed E-state index contributed by atoms with van der Waals surface area (Å²) in [4.78, 5) is 2.84. The molecule has 15 heavy (non-hydrogen) atoms. The van der Waals surface area contributed by atoms with Crippen molar-refractivity contribution in [3.63, 3.8) is 0 Å². The number of nitrogens with two attached hydrogens (primary N) is 1. The summed E-state index contributed by atoms with van der Waals surface area (Å²) in [7, 11) is 0. The molecule has 0 spiro atoms. The number of aryl methyl sites for hydroxylation is 1. The minimum absolute atomic E-state index is 0.549. The summed E-state index contributed by atoms with van der Waals surface area (Å²) in [6.45, 7) is 4.74. The zero-order valence-corrected chi connectivity index (χ0v) is 10.1. The molecule has 1 aliphatic rings. The summed E-state index contributed by atoms with van der Waals surface area (Å²) in [6, 6.07) is 4.44. The van der Waals surface area contributed by atoms with Crippen LogP contribution in [-0.2, 0) is 4.74 Å². The van der Waals surface area contributed by atoms with E-state index in [4.69, 9.17) is 10.5 Å². The lowest BCUT2D eigenvalue weighted by atomic mass is 9.85. The van der Waals surface area contributed by atoms with Gasteiger partial charge in [0.05, 0.1) is 0 Å². The largest absolute Gasteiger partial charge is 0.381 e. The van der Waals surface area contributed by atoms with Gasteiger partial charge in [-0.2, -0.15) is 0 Å². The van der Waals surface area contributed by atoms with E-state index in [-0.39, 0.29) is 0 Å². The van der Waals surface area contributed by atoms with E-state index < -0.39 is 0 Å². The van der Waals surface area contributed by atoms with Crippen molar-refractivity contribution in [1.82, 2.24) is 0 Å². The van der Waals surface area contributed by atoms with Gasteiger partial charge in [0.25, 0.3) is 0 Å². The van der Waals surface area contributed by atoms with Crippen molar-refractivity contribution in [2.24, 2.45) is 11.7 Å². The van der Waals surface area contributed by atoms with Gasteiger partial charge in [0, 0.05) is 35.4 Å². The molecule has 3 heteroatoms. The maximum Gasteiger partial charge on any atom is 0.0468 e. The lowest BCUT2D eigenvalue weighted by Crippen LogP contribution is -2.26. The summed E-state index contributed by atoms with van der Waals surface area (Å²) in [5, 5.41) is 0. The summed E-state index contributed by atoms with van der Waals surface area (Å²) in [5.74, 6) is 1.27. The monoisotopic (exact) mass is 225 g/mol. The Hall–Kier alpha value is -0.380. The Kier molecular flexibility index (Phi) is 3.78. The molecule has 1 aromatic rings. The molecule has 1 aliphatic heterocycles. The van der Waals surface area contributed by atoms with Gasteiger partial charge in [0.1, 0.15) is 0 Å². The zero-order valence-electron chi connectivity index (χ0n) is 9.24. The molecule has 2 nitrogen and oxygen atoms in total. The molecule has 1 atom stereocenters. The Morgan fingerprint density at radius 2 is 2.20 bits per heavy atom. The molecule has 2 rings (SSSR count). The normalized spacial score (nSPS) is 20.4. The minimum atomic E-state index is 0.549. The molecular formula is C12H19NOS. The fraction of sp³-hybridized carbons (Fsp3) is 0.667. The van der Waals surface area contributed by atoms with Gasteiger partial charge in [0.15, 0.2) is 0 Å². The predicted octanol–water partition coefficient (Wildman–Crippen LogP) is 2.53. The van der Waals surface area contributed by atoms with Crippen molar-refractivity contribution in [3.8, 4) is 0 Å². The highest BCUT2D eigenvalue weighted by Gasteiger charge is 2.25. The summed E-state index contributed by atoms with van der Waals surface area (Å²) >= 11 is 1.89. The van der Waals surface area contributed by atoms with Crippen LogP contribution < -0.4 is 5.73 Å². The van der Waals surface area contributed by atoms with Gasteiger partial charge < -0.3 is 10.5 Å². The Labute approximate surface area is 95.4 Å². The third kappa shape index (κ3) is 2.60. The van der Waals surface area contributed by atoms with Crippen molar-refractivity contribution in [1.29, 1.82) is 0 Å². The SMILES string of the molecule is Cc1ccc(C(CN)C2CCOCC2)s1. The number of hydrogen-bond acceptors (Lipinski definition) is 3. The molecule has 1 unspecified atom stereocenters. The van der Waals surface area contributed by atoms with Gasteiger partial charge in [-0.05, 0) is 37.8 Å². The van der Waals surface area contributed by atoms with Crippen LogP contribution in [0.5, 0.6) is 0 Å². The topological polar surface area (TPSA) is 35.2 Å². The first kappa shape index (κ1) is 11.1. The molecule has 0 saturated carbocycles. The highest BCUT2D eigenvalue weighted by molar-refractivity contribution is 7.12. The molecule has 2 heterocycles. The standard InChI is InChI=1S/C12H19NOS/c1-9-2-3-12(15-9)11(8-13)10-4-6-14-7-5-10/h2-3,10-11H,4-8,13H2,1H3. The molecule has 1 saturated heterocycles. The lowest BCUT2D eigenvalue weighted by Gasteiger charge is -2.28. The molecule has 0 radical (unpaired) electrons. The average molecular weight is 225 g/mol. The Morgan fingerprint density at radius 1 is 1.47 bits per heavy atom. The molecule has 0 bridgehead atoms. The van der Waals surface area contributed by atoms with E-state index in [1.807, 2.05) is 11.3 Å². The van der Waals surface area contributed by atoms with E-state index in [2.05, 4.69) is 19.1 Å². The molecule has 0 amide bonds. The zero-order chi connectivity index (χ0) is 10.7. The second-order valence-electron chi connectivity index (χ2n) is 4.24. The molecule has 0 aromatic carbocycles. The predicted molar refractivity (Wildman–Crippen MR) is 64.4 cm³/mol. The van der Waals surface area contributed by atoms with E-state index in [0.29, 0.717) is 5.92 Å². The quantitative estimate of drug-likeness (QED) is 0.858. The summed E-state index contributed by atoms with van der Waals surface area (Å²) < 4.78 is 5.40. The van der Waals surface area contributed by atoms with E-state index in [0.717, 1.165) is 25.7 Å². The number of ether oxygens (including phenoxy) is 1. The van der Waals surface area contributed by atoms with Crippen LogP contribution in [0.1, 0.15) is 28.5 Å². The lowest BCUT2D eigenvalue weighted by molar-refractivity contribution is 0.0589. The highest BCUT2D eigenvalue weighted by atomic mass is 32.1. The molecule has 1 aromatic heterocycles. The molecule has 1 fully saturated rings. The molecular weight excluding hydrogens is 206 g/mol. The van der Waals surface area contributed by atoms with Gasteiger partial charge in [-0.25, -0.2) is 0 Å². The van der Waals surface area contributed by atoms with E-state index in [1.165, 1.54) is 22.6 Å². The molecule has 84 valence electrons. The summed E-state index contributed by atoms with van der Waals surface area (Å²) in [5.41, 5.74) is 5.91. The van der Waals surface area contributed by atoms with Crippen molar-refractivity contribution in [2.75, 3.05) is 19.8 Å². The van der Waals surface area contributed by atoms with Crippen molar-refractivity contribution >= 4 is 11.3 Å². The fourth-order valence-electron chi connectivity index (χ4n) is 2.31. The maximum atomic E-state index is 5.91. The van der Waals surface area contributed by atoms with Gasteiger partial charge in [-0.1, -0.05) is 0 Å². The Morgan fingerprint density at radius 3 is 2.73 bits per heavy atom. The Bertz CT molecular complexity index is 304. The average Bonchev–Trinajstić information content (AvgIpc) is 2.68. The molecule has 0 aliphatic carbocycles. The smallest absolute Gasteiger partial charge is 0.0468 e. The Balaban J connectivity index is 2.08. The van der Waals surface area contributed by atoms with E-state index in [9.17, 15) is 0 Å². The van der Waals surface area contributed by atoms with Gasteiger partial charge >= 0.3 is 0 Å². The first-order valence-electron chi connectivity index (χ1n) is 5.65. The third-order valence-electron chi connectivity index (χ3n) is 3.22. The minimum Gasteiger partial charge on any atom is -0.381 e. The van der Waals surface area contributed by atoms with E-state index in [1.54, 1.807) is 0 Å². The van der Waals surface area contributed by atoms with Gasteiger partial charge in [-0.15, -0.1) is 11.3 Å². The first-order valence-corrected chi connectivity index (χ1v) is 6.47. The van der Waals surface area contributed by atoms with Gasteiger partial charge in [0.2, 0.25) is 0 Å². The second-order valence-corrected chi connectivity index (χ2v) is 5.56. The maximum absolute atomic E-state index is 5.91. The molecule has 2 N–H and O–H groups in total. The van der Waals surface area contributed by atoms with Crippen LogP contribution >= 0.6 is 11.3 Å². The highest BCUT2D eigenvalue weighted by Crippen LogP contribution is 2.34. The van der Waals surface area contributed by atoms with E-state index >= 15 is 0 Å². The second kappa shape index (κ2) is 5.10. The van der Waals surface area contributed by atoms with Crippen LogP contribution in [0.15, 0.2) is 12.1 Å². The fourth-order valence-corrected chi connectivity index (χ4v) is 3.40. The first-order chi connectivity index (χ1) is 7.31. The van der Waals surface area contributed by atoms with Gasteiger partial charge in [-0.3, -0.25) is 0 Å². The van der Waals surface area contributed by atoms with Crippen molar-refractivity contribution < 1.29 is 4.74 Å². The van der Waals surface area contributed by atoms with Crippen LogP contribution in [0.3, 0.4) is 0 Å². The van der Waals surface area contributed by atoms with Crippen LogP contribution in [0.25, 0.3) is 0 Å². The number of hydrogen-bond donors (Lipinski definition) is 1.